The van der Waals surface area contributed by atoms with E-state index in [4.69, 9.17) is 9.73 Å². The molecule has 4 heteroatoms. The van der Waals surface area contributed by atoms with E-state index in [1.807, 2.05) is 12.1 Å². The predicted octanol–water partition coefficient (Wildman–Crippen LogP) is 4.26. The molecule has 0 radical (unpaired) electrons. The van der Waals surface area contributed by atoms with Crippen LogP contribution in [0.15, 0.2) is 35.3 Å². The number of rotatable bonds is 1. The average molecular weight is 362 g/mol. The number of benzene rings is 2. The predicted molar refractivity (Wildman–Crippen MR) is 106 cm³/mol. The lowest BCUT2D eigenvalue weighted by Gasteiger charge is -2.46. The smallest absolute Gasteiger partial charge is 0.202 e. The fraction of sp³-hybridized carbons (Fsp3) is 0.522. The maximum absolute atomic E-state index is 10.1. The van der Waals surface area contributed by atoms with E-state index in [0.29, 0.717) is 12.0 Å². The molecule has 140 valence electrons. The Morgan fingerprint density at radius 2 is 1.93 bits per heavy atom. The number of ether oxygens (including phenoxy) is 1. The van der Waals surface area contributed by atoms with Crippen LogP contribution in [-0.2, 0) is 6.61 Å². The quantitative estimate of drug-likeness (QED) is 0.824. The lowest BCUT2D eigenvalue weighted by atomic mass is 9.67. The Kier molecular flexibility index (Phi) is 3.31. The number of aliphatic hydroxyl groups is 1. The first-order valence-corrected chi connectivity index (χ1v) is 10.3. The zero-order valence-corrected chi connectivity index (χ0v) is 15.8. The Morgan fingerprint density at radius 1 is 1.15 bits per heavy atom. The second kappa shape index (κ2) is 5.55. The molecule has 0 amide bonds. The van der Waals surface area contributed by atoms with Crippen molar-refractivity contribution in [3.05, 3.63) is 35.9 Å². The van der Waals surface area contributed by atoms with E-state index in [1.165, 1.54) is 32.1 Å². The molecule has 27 heavy (non-hydrogen) atoms. The van der Waals surface area contributed by atoms with Crippen molar-refractivity contribution in [2.75, 3.05) is 7.05 Å². The molecule has 1 N–H and O–H groups in total. The third-order valence-electron chi connectivity index (χ3n) is 7.66. The molecule has 2 aromatic carbocycles. The van der Waals surface area contributed by atoms with Gasteiger partial charge in [0.25, 0.3) is 0 Å². The van der Waals surface area contributed by atoms with Gasteiger partial charge in [-0.1, -0.05) is 24.3 Å². The van der Waals surface area contributed by atoms with Crippen LogP contribution < -0.4 is 4.74 Å². The SMILES string of the molecule is CN1C2C[C@@H]3CC(C[C@H](C2)C3)C12C=Nc1c(c(CO)cc3ccccc13)O2. The maximum atomic E-state index is 10.1. The van der Waals surface area contributed by atoms with E-state index in [1.54, 1.807) is 0 Å². The Bertz CT molecular complexity index is 941. The molecule has 3 aliphatic heterocycles. The summed E-state index contributed by atoms with van der Waals surface area (Å²) in [6, 6.07) is 10.9. The first-order valence-electron chi connectivity index (χ1n) is 10.3. The van der Waals surface area contributed by atoms with Gasteiger partial charge >= 0.3 is 0 Å². The molecule has 2 saturated heterocycles. The van der Waals surface area contributed by atoms with Gasteiger partial charge in [0.15, 0.2) is 5.75 Å². The Hall–Kier alpha value is -1.91. The van der Waals surface area contributed by atoms with Gasteiger partial charge in [-0.25, -0.2) is 0 Å². The zero-order valence-electron chi connectivity index (χ0n) is 15.8. The number of hydrogen-bond donors (Lipinski definition) is 1. The van der Waals surface area contributed by atoms with Crippen LogP contribution in [0.5, 0.6) is 5.75 Å². The van der Waals surface area contributed by atoms with E-state index >= 15 is 0 Å². The highest BCUT2D eigenvalue weighted by Crippen LogP contribution is 2.55. The Labute approximate surface area is 159 Å². The Morgan fingerprint density at radius 3 is 2.70 bits per heavy atom. The largest absolute Gasteiger partial charge is 0.464 e. The summed E-state index contributed by atoms with van der Waals surface area (Å²) in [5.41, 5.74) is 1.26. The van der Waals surface area contributed by atoms with Crippen molar-refractivity contribution in [2.24, 2.45) is 22.7 Å². The summed E-state index contributed by atoms with van der Waals surface area (Å²) in [6.45, 7) is -0.0260. The number of nitrogens with zero attached hydrogens (tertiary/aromatic N) is 2. The molecule has 5 atom stereocenters. The number of fused-ring (bicyclic) bond motifs is 3. The lowest BCUT2D eigenvalue weighted by Crippen LogP contribution is -2.59. The van der Waals surface area contributed by atoms with Gasteiger partial charge in [0.05, 0.1) is 12.8 Å². The van der Waals surface area contributed by atoms with Crippen LogP contribution in [0.3, 0.4) is 0 Å². The number of hydrogen-bond acceptors (Lipinski definition) is 4. The highest BCUT2D eigenvalue weighted by Gasteiger charge is 2.56. The van der Waals surface area contributed by atoms with Crippen molar-refractivity contribution in [1.29, 1.82) is 0 Å². The van der Waals surface area contributed by atoms with Crippen LogP contribution >= 0.6 is 0 Å². The maximum Gasteiger partial charge on any atom is 0.202 e. The van der Waals surface area contributed by atoms with Crippen LogP contribution in [0.4, 0.5) is 5.69 Å². The van der Waals surface area contributed by atoms with Crippen molar-refractivity contribution in [2.45, 2.75) is 50.5 Å². The Balaban J connectivity index is 1.54. The van der Waals surface area contributed by atoms with E-state index in [9.17, 15) is 5.11 Å². The molecule has 4 nitrogen and oxygen atoms in total. The molecule has 1 spiro atoms. The third kappa shape index (κ3) is 2.14. The standard InChI is InChI=1S/C23H26N2O2/c1-25-19-9-14-6-15(10-19)8-18(7-14)23(25)13-24-21-20-5-3-2-4-16(20)11-17(12-26)22(21)27-23/h2-5,11,13-15,18-19,26H,6-10,12H2,1H3/t14-,15+,18?,19?,23?. The molecule has 7 rings (SSSR count). The van der Waals surface area contributed by atoms with E-state index in [2.05, 4.69) is 36.4 Å². The molecule has 3 unspecified atom stereocenters. The van der Waals surface area contributed by atoms with Gasteiger partial charge in [-0.3, -0.25) is 9.89 Å². The summed E-state index contributed by atoms with van der Waals surface area (Å²) in [5, 5.41) is 12.3. The molecule has 4 fully saturated rings. The second-order valence-corrected chi connectivity index (χ2v) is 9.08. The van der Waals surface area contributed by atoms with Gasteiger partial charge in [-0.2, -0.15) is 0 Å². The summed E-state index contributed by atoms with van der Waals surface area (Å²) in [7, 11) is 2.23. The summed E-state index contributed by atoms with van der Waals surface area (Å²) < 4.78 is 6.88. The van der Waals surface area contributed by atoms with Crippen molar-refractivity contribution in [1.82, 2.24) is 4.90 Å². The van der Waals surface area contributed by atoms with Gasteiger partial charge < -0.3 is 9.84 Å². The minimum atomic E-state index is -0.464. The summed E-state index contributed by atoms with van der Waals surface area (Å²) in [4.78, 5) is 7.47. The first-order chi connectivity index (χ1) is 13.2. The first kappa shape index (κ1) is 16.1. The summed E-state index contributed by atoms with van der Waals surface area (Å²) >= 11 is 0. The highest BCUT2D eigenvalue weighted by atomic mass is 16.5. The average Bonchev–Trinajstić information content (AvgIpc) is 2.81. The van der Waals surface area contributed by atoms with E-state index < -0.39 is 5.72 Å². The summed E-state index contributed by atoms with van der Waals surface area (Å²) in [6.07, 6.45) is 8.55. The van der Waals surface area contributed by atoms with Crippen molar-refractivity contribution in [3.8, 4) is 5.75 Å². The minimum absolute atomic E-state index is 0.0260. The molecule has 0 aromatic heterocycles. The van der Waals surface area contributed by atoms with Gasteiger partial charge in [-0.05, 0) is 62.4 Å². The third-order valence-corrected chi connectivity index (χ3v) is 7.66. The van der Waals surface area contributed by atoms with Crippen molar-refractivity contribution in [3.63, 3.8) is 0 Å². The monoisotopic (exact) mass is 362 g/mol. The van der Waals surface area contributed by atoms with Crippen LogP contribution in [0.2, 0.25) is 0 Å². The number of aliphatic imine (C=N–C) groups is 1. The van der Waals surface area contributed by atoms with Gasteiger partial charge in [-0.15, -0.1) is 0 Å². The minimum Gasteiger partial charge on any atom is -0.464 e. The molecule has 2 aliphatic carbocycles. The molecule has 2 aromatic rings. The number of aliphatic hydroxyl groups excluding tert-OH is 1. The fourth-order valence-electron chi connectivity index (χ4n) is 6.47. The normalized spacial score (nSPS) is 36.8. The van der Waals surface area contributed by atoms with Crippen molar-refractivity contribution >= 4 is 22.7 Å². The van der Waals surface area contributed by atoms with Gasteiger partial charge in [0.1, 0.15) is 5.69 Å². The molecule has 5 aliphatic rings. The lowest BCUT2D eigenvalue weighted by molar-refractivity contribution is -0.0633. The van der Waals surface area contributed by atoms with E-state index in [0.717, 1.165) is 39.6 Å². The van der Waals surface area contributed by atoms with Crippen LogP contribution in [0.25, 0.3) is 10.8 Å². The molecular formula is C23H26N2O2. The highest BCUT2D eigenvalue weighted by molar-refractivity contribution is 5.99. The molecular weight excluding hydrogens is 336 g/mol. The fourth-order valence-corrected chi connectivity index (χ4v) is 6.47. The molecule has 4 bridgehead atoms. The van der Waals surface area contributed by atoms with E-state index in [-0.39, 0.29) is 6.61 Å². The molecule has 2 saturated carbocycles. The van der Waals surface area contributed by atoms with Crippen molar-refractivity contribution < 1.29 is 9.84 Å². The van der Waals surface area contributed by atoms with Gasteiger partial charge in [0, 0.05) is 22.9 Å². The van der Waals surface area contributed by atoms with Crippen LogP contribution in [0.1, 0.15) is 37.7 Å². The second-order valence-electron chi connectivity index (χ2n) is 9.08. The van der Waals surface area contributed by atoms with Gasteiger partial charge in [0.2, 0.25) is 5.72 Å². The van der Waals surface area contributed by atoms with Crippen LogP contribution in [0, 0.1) is 17.8 Å². The summed E-state index contributed by atoms with van der Waals surface area (Å²) in [5.74, 6) is 2.93. The zero-order chi connectivity index (χ0) is 18.2. The molecule has 3 heterocycles. The topological polar surface area (TPSA) is 45.1 Å². The van der Waals surface area contributed by atoms with Crippen LogP contribution in [-0.4, -0.2) is 35.0 Å².